The molecule has 0 unspecified atom stereocenters. The number of anilines is 1. The van der Waals surface area contributed by atoms with Gasteiger partial charge in [0, 0.05) is 5.69 Å². The van der Waals surface area contributed by atoms with Crippen molar-refractivity contribution in [1.29, 1.82) is 0 Å². The summed E-state index contributed by atoms with van der Waals surface area (Å²) in [6, 6.07) is 22.6. The van der Waals surface area contributed by atoms with Crippen molar-refractivity contribution in [3.05, 3.63) is 96.1 Å². The lowest BCUT2D eigenvalue weighted by molar-refractivity contribution is -0.137. The van der Waals surface area contributed by atoms with Gasteiger partial charge in [-0.1, -0.05) is 66.4 Å². The molecule has 1 atom stereocenters. The molecule has 0 saturated carbocycles. The molecule has 10 heteroatoms. The summed E-state index contributed by atoms with van der Waals surface area (Å²) in [7, 11) is 0. The van der Waals surface area contributed by atoms with Crippen molar-refractivity contribution in [2.24, 2.45) is 0 Å². The highest BCUT2D eigenvalue weighted by atomic mass is 32.2. The fourth-order valence-corrected chi connectivity index (χ4v) is 3.97. The van der Waals surface area contributed by atoms with E-state index in [9.17, 15) is 18.0 Å². The fraction of sp³-hybridized carbons (Fsp3) is 0.0909. The first-order valence-electron chi connectivity index (χ1n) is 9.45. The lowest BCUT2D eigenvalue weighted by atomic mass is 10.1. The first-order valence-corrected chi connectivity index (χ1v) is 10.3. The summed E-state index contributed by atoms with van der Waals surface area (Å²) < 4.78 is 40.6. The monoisotopic (exact) mass is 455 g/mol. The summed E-state index contributed by atoms with van der Waals surface area (Å²) in [5.41, 5.74) is 0.580. The maximum atomic E-state index is 13.2. The lowest BCUT2D eigenvalue weighted by Gasteiger charge is -2.17. The van der Waals surface area contributed by atoms with Gasteiger partial charge in [0.15, 0.2) is 0 Å². The van der Waals surface area contributed by atoms with Gasteiger partial charge in [0.1, 0.15) is 5.25 Å². The Balaban J connectivity index is 1.63. The molecule has 0 aliphatic carbocycles. The van der Waals surface area contributed by atoms with E-state index in [1.165, 1.54) is 16.8 Å². The Morgan fingerprint density at radius 1 is 0.938 bits per heavy atom. The summed E-state index contributed by atoms with van der Waals surface area (Å²) >= 11 is 1.10. The number of amides is 1. The van der Waals surface area contributed by atoms with E-state index in [4.69, 9.17) is 0 Å². The molecular weight excluding hydrogens is 439 g/mol. The van der Waals surface area contributed by atoms with Gasteiger partial charge in [-0.2, -0.15) is 17.9 Å². The van der Waals surface area contributed by atoms with E-state index in [-0.39, 0.29) is 5.69 Å². The average molecular weight is 455 g/mol. The number of benzene rings is 3. The minimum atomic E-state index is -4.51. The molecule has 1 aromatic heterocycles. The third-order valence-electron chi connectivity index (χ3n) is 4.46. The molecule has 0 radical (unpaired) electrons. The van der Waals surface area contributed by atoms with Crippen LogP contribution < -0.4 is 5.32 Å². The molecule has 0 spiro atoms. The molecule has 1 amide bonds. The molecule has 4 aromatic rings. The van der Waals surface area contributed by atoms with Crippen LogP contribution in [-0.4, -0.2) is 26.1 Å². The van der Waals surface area contributed by atoms with Crippen molar-refractivity contribution >= 4 is 23.4 Å². The largest absolute Gasteiger partial charge is 0.416 e. The topological polar surface area (TPSA) is 72.7 Å². The number of nitrogens with one attached hydrogen (secondary N) is 1. The Labute approximate surface area is 185 Å². The molecule has 6 nitrogen and oxygen atoms in total. The SMILES string of the molecule is O=C(Nc1cccc(C(F)(F)F)c1)[C@H](Sc1nnnn1-c1ccccc1)c1ccccc1. The average Bonchev–Trinajstić information content (AvgIpc) is 3.26. The Hall–Kier alpha value is -3.66. The van der Waals surface area contributed by atoms with Crippen molar-refractivity contribution in [2.45, 2.75) is 16.6 Å². The van der Waals surface area contributed by atoms with Crippen LogP contribution >= 0.6 is 11.8 Å². The van der Waals surface area contributed by atoms with Gasteiger partial charge >= 0.3 is 6.18 Å². The standard InChI is InChI=1S/C22H16F3N5OS/c23-22(24,25)16-10-7-11-17(14-16)26-20(31)19(15-8-3-1-4-9-15)32-21-27-28-29-30(21)18-12-5-2-6-13-18/h1-14,19H,(H,26,31)/t19-/m1/s1. The van der Waals surface area contributed by atoms with Crippen LogP contribution in [0.3, 0.4) is 0 Å². The summed E-state index contributed by atoms with van der Waals surface area (Å²) in [4.78, 5) is 13.2. The van der Waals surface area contributed by atoms with Crippen LogP contribution in [0.15, 0.2) is 90.1 Å². The van der Waals surface area contributed by atoms with E-state index in [2.05, 4.69) is 20.8 Å². The van der Waals surface area contributed by atoms with Crippen molar-refractivity contribution in [2.75, 3.05) is 5.32 Å². The molecule has 3 aromatic carbocycles. The maximum Gasteiger partial charge on any atom is 0.416 e. The summed E-state index contributed by atoms with van der Waals surface area (Å²) in [5, 5.41) is 13.9. The second-order valence-corrected chi connectivity index (χ2v) is 7.76. The van der Waals surface area contributed by atoms with Crippen LogP contribution in [0, 0.1) is 0 Å². The molecule has 162 valence electrons. The number of carbonyl (C=O) groups excluding carboxylic acids is 1. The molecule has 0 saturated heterocycles. The Bertz CT molecular complexity index is 1200. The van der Waals surface area contributed by atoms with Crippen LogP contribution in [0.25, 0.3) is 5.69 Å². The van der Waals surface area contributed by atoms with Gasteiger partial charge < -0.3 is 5.32 Å². The second-order valence-electron chi connectivity index (χ2n) is 6.69. The number of rotatable bonds is 6. The van der Waals surface area contributed by atoms with Crippen LogP contribution in [0.4, 0.5) is 18.9 Å². The predicted octanol–water partition coefficient (Wildman–Crippen LogP) is 5.15. The highest BCUT2D eigenvalue weighted by Gasteiger charge is 2.31. The van der Waals surface area contributed by atoms with Gasteiger partial charge in [0.2, 0.25) is 11.1 Å². The Morgan fingerprint density at radius 2 is 1.62 bits per heavy atom. The molecule has 1 N–H and O–H groups in total. The van der Waals surface area contributed by atoms with Crippen molar-refractivity contribution in [3.8, 4) is 5.69 Å². The maximum absolute atomic E-state index is 13.2. The van der Waals surface area contributed by atoms with Crippen LogP contribution in [-0.2, 0) is 11.0 Å². The van der Waals surface area contributed by atoms with E-state index in [1.807, 2.05) is 36.4 Å². The zero-order chi connectivity index (χ0) is 22.6. The van der Waals surface area contributed by atoms with Crippen molar-refractivity contribution < 1.29 is 18.0 Å². The van der Waals surface area contributed by atoms with Gasteiger partial charge in [0.05, 0.1) is 11.3 Å². The highest BCUT2D eigenvalue weighted by Crippen LogP contribution is 2.36. The molecule has 1 heterocycles. The minimum absolute atomic E-state index is 0.0500. The number of tetrazole rings is 1. The van der Waals surface area contributed by atoms with Crippen molar-refractivity contribution in [3.63, 3.8) is 0 Å². The van der Waals surface area contributed by atoms with Crippen molar-refractivity contribution in [1.82, 2.24) is 20.2 Å². The normalized spacial score (nSPS) is 12.3. The molecule has 32 heavy (non-hydrogen) atoms. The van der Waals surface area contributed by atoms with E-state index < -0.39 is 22.9 Å². The predicted molar refractivity (Wildman–Crippen MR) is 114 cm³/mol. The number of carbonyl (C=O) groups is 1. The highest BCUT2D eigenvalue weighted by molar-refractivity contribution is 8.00. The third-order valence-corrected chi connectivity index (χ3v) is 5.65. The van der Waals surface area contributed by atoms with Crippen LogP contribution in [0.5, 0.6) is 0 Å². The van der Waals surface area contributed by atoms with Crippen LogP contribution in [0.1, 0.15) is 16.4 Å². The number of para-hydroxylation sites is 1. The Kier molecular flexibility index (Phi) is 6.22. The molecule has 0 aliphatic heterocycles. The zero-order valence-corrected chi connectivity index (χ0v) is 17.2. The number of alkyl halides is 3. The number of halogens is 3. The summed E-state index contributed by atoms with van der Waals surface area (Å²) in [5.74, 6) is -0.497. The zero-order valence-electron chi connectivity index (χ0n) is 16.4. The fourth-order valence-electron chi connectivity index (χ4n) is 2.97. The van der Waals surface area contributed by atoms with Crippen LogP contribution in [0.2, 0.25) is 0 Å². The molecule has 0 bridgehead atoms. The number of hydrogen-bond acceptors (Lipinski definition) is 5. The van der Waals surface area contributed by atoms with Gasteiger partial charge in [-0.15, -0.1) is 5.10 Å². The van der Waals surface area contributed by atoms with E-state index in [0.717, 1.165) is 23.9 Å². The first-order chi connectivity index (χ1) is 15.4. The van der Waals surface area contributed by atoms with E-state index in [1.54, 1.807) is 24.3 Å². The smallest absolute Gasteiger partial charge is 0.325 e. The van der Waals surface area contributed by atoms with Gasteiger partial charge in [-0.05, 0) is 46.3 Å². The molecule has 0 aliphatic rings. The molecular formula is C22H16F3N5OS. The third kappa shape index (κ3) is 4.97. The Morgan fingerprint density at radius 3 is 2.31 bits per heavy atom. The summed E-state index contributed by atoms with van der Waals surface area (Å²) in [6.45, 7) is 0. The minimum Gasteiger partial charge on any atom is -0.325 e. The lowest BCUT2D eigenvalue weighted by Crippen LogP contribution is -2.20. The quantitative estimate of drug-likeness (QED) is 0.407. The van der Waals surface area contributed by atoms with Gasteiger partial charge in [-0.3, -0.25) is 4.79 Å². The second kappa shape index (κ2) is 9.23. The molecule has 4 rings (SSSR count). The van der Waals surface area contributed by atoms with E-state index in [0.29, 0.717) is 16.4 Å². The van der Waals surface area contributed by atoms with Gasteiger partial charge in [0.25, 0.3) is 0 Å². The number of aromatic nitrogens is 4. The van der Waals surface area contributed by atoms with Gasteiger partial charge in [-0.25, -0.2) is 0 Å². The number of thioether (sulfide) groups is 1. The number of nitrogens with zero attached hydrogens (tertiary/aromatic N) is 4. The number of hydrogen-bond donors (Lipinski definition) is 1. The first kappa shape index (κ1) is 21.6. The van der Waals surface area contributed by atoms with E-state index >= 15 is 0 Å². The molecule has 0 fully saturated rings. The summed E-state index contributed by atoms with van der Waals surface area (Å²) in [6.07, 6.45) is -4.51.